The van der Waals surface area contributed by atoms with Gasteiger partial charge in [0.2, 0.25) is 5.69 Å². The van der Waals surface area contributed by atoms with E-state index in [2.05, 4.69) is 91.3 Å². The summed E-state index contributed by atoms with van der Waals surface area (Å²) < 4.78 is 2.35. The Morgan fingerprint density at radius 1 is 0.917 bits per heavy atom. The highest BCUT2D eigenvalue weighted by Crippen LogP contribution is 2.14. The Hall–Kier alpha value is -1.36. The lowest BCUT2D eigenvalue weighted by Crippen LogP contribution is -2.36. The largest absolute Gasteiger partial charge is 0.378 e. The average molecular weight is 437 g/mol. The summed E-state index contributed by atoms with van der Waals surface area (Å²) in [7, 11) is 4.13. The van der Waals surface area contributed by atoms with Crippen molar-refractivity contribution < 1.29 is 4.57 Å². The lowest BCUT2D eigenvalue weighted by Gasteiger charge is -2.11. The Labute approximate surface area is 164 Å². The molecule has 0 aliphatic rings. The second-order valence-corrected chi connectivity index (χ2v) is 6.20. The predicted octanol–water partition coefficient (Wildman–Crippen LogP) is 5.41. The van der Waals surface area contributed by atoms with Gasteiger partial charge in [0, 0.05) is 44.4 Å². The van der Waals surface area contributed by atoms with Crippen molar-refractivity contribution in [3.8, 4) is 0 Å². The molecule has 0 aliphatic heterocycles. The lowest BCUT2D eigenvalue weighted by atomic mass is 10.1. The van der Waals surface area contributed by atoms with Gasteiger partial charge in [-0.05, 0) is 36.3 Å². The number of pyridine rings is 1. The first-order chi connectivity index (χ1) is 11.2. The van der Waals surface area contributed by atoms with Crippen molar-refractivity contribution in [1.82, 2.24) is 0 Å². The number of aromatic nitrogens is 1. The fourth-order valence-corrected chi connectivity index (χ4v) is 2.62. The highest BCUT2D eigenvalue weighted by molar-refractivity contribution is 14.0. The molecule has 0 unspecified atom stereocenters. The summed E-state index contributed by atoms with van der Waals surface area (Å²) in [5.74, 6) is 0. The minimum Gasteiger partial charge on any atom is -0.378 e. The highest BCUT2D eigenvalue weighted by Gasteiger charge is 2.05. The van der Waals surface area contributed by atoms with Gasteiger partial charge < -0.3 is 4.90 Å². The van der Waals surface area contributed by atoms with Crippen molar-refractivity contribution in [2.75, 3.05) is 19.0 Å². The van der Waals surface area contributed by atoms with E-state index in [9.17, 15) is 0 Å². The van der Waals surface area contributed by atoms with Crippen LogP contribution in [0.5, 0.6) is 0 Å². The van der Waals surface area contributed by atoms with Crippen LogP contribution in [0.1, 0.15) is 43.9 Å². The van der Waals surface area contributed by atoms with Crippen molar-refractivity contribution in [3.05, 3.63) is 59.9 Å². The van der Waals surface area contributed by atoms with Crippen LogP contribution < -0.4 is 9.47 Å². The van der Waals surface area contributed by atoms with E-state index < -0.39 is 0 Å². The molecule has 0 saturated carbocycles. The monoisotopic (exact) mass is 437 g/mol. The maximum atomic E-state index is 2.35. The van der Waals surface area contributed by atoms with E-state index in [1.165, 1.54) is 42.6 Å². The summed E-state index contributed by atoms with van der Waals surface area (Å²) in [6.45, 7) is 3.35. The van der Waals surface area contributed by atoms with Gasteiger partial charge in [-0.25, -0.2) is 0 Å². The fraction of sp³-hybridized carbons (Fsp3) is 0.381. The van der Waals surface area contributed by atoms with E-state index in [1.54, 1.807) is 0 Å². The zero-order chi connectivity index (χ0) is 16.5. The molecule has 0 fully saturated rings. The van der Waals surface area contributed by atoms with Gasteiger partial charge in [-0.15, -0.1) is 24.0 Å². The first-order valence-corrected chi connectivity index (χ1v) is 8.64. The summed E-state index contributed by atoms with van der Waals surface area (Å²) in [5, 5.41) is 0. The van der Waals surface area contributed by atoms with Gasteiger partial charge in [-0.2, -0.15) is 4.57 Å². The normalized spacial score (nSPS) is 10.6. The minimum atomic E-state index is 0. The third kappa shape index (κ3) is 6.63. The Bertz CT molecular complexity index is 618. The molecule has 0 amide bonds. The zero-order valence-corrected chi connectivity index (χ0v) is 17.4. The summed E-state index contributed by atoms with van der Waals surface area (Å²) >= 11 is 0. The van der Waals surface area contributed by atoms with Gasteiger partial charge in [0.1, 0.15) is 6.54 Å². The van der Waals surface area contributed by atoms with Crippen LogP contribution in [0, 0.1) is 0 Å². The number of benzene rings is 1. The topological polar surface area (TPSA) is 7.12 Å². The number of rotatable bonds is 8. The van der Waals surface area contributed by atoms with E-state index in [0.717, 1.165) is 6.54 Å². The summed E-state index contributed by atoms with van der Waals surface area (Å²) in [4.78, 5) is 2.12. The Morgan fingerprint density at radius 3 is 2.33 bits per heavy atom. The first-order valence-electron chi connectivity index (χ1n) is 8.64. The smallest absolute Gasteiger partial charge is 0.205 e. The lowest BCUT2D eigenvalue weighted by molar-refractivity contribution is -0.699. The molecule has 2 rings (SSSR count). The van der Waals surface area contributed by atoms with Crippen LogP contribution in [-0.4, -0.2) is 14.1 Å². The van der Waals surface area contributed by atoms with E-state index in [-0.39, 0.29) is 24.0 Å². The number of aryl methyl sites for hydroxylation is 1. The maximum absolute atomic E-state index is 2.35. The van der Waals surface area contributed by atoms with Crippen LogP contribution >= 0.6 is 24.0 Å². The molecule has 3 heteroatoms. The maximum Gasteiger partial charge on any atom is 0.205 e. The highest BCUT2D eigenvalue weighted by atomic mass is 127. The fourth-order valence-electron chi connectivity index (χ4n) is 2.62. The molecule has 24 heavy (non-hydrogen) atoms. The molecule has 0 radical (unpaired) electrons. The van der Waals surface area contributed by atoms with Crippen LogP contribution in [0.25, 0.3) is 12.2 Å². The number of anilines is 1. The van der Waals surface area contributed by atoms with Gasteiger partial charge in [-0.3, -0.25) is 0 Å². The third-order valence-corrected chi connectivity index (χ3v) is 4.08. The molecule has 1 heterocycles. The van der Waals surface area contributed by atoms with Gasteiger partial charge in [-0.1, -0.05) is 31.9 Å². The van der Waals surface area contributed by atoms with E-state index in [0.29, 0.717) is 0 Å². The minimum absolute atomic E-state index is 0. The van der Waals surface area contributed by atoms with Gasteiger partial charge in [0.25, 0.3) is 0 Å². The second kappa shape index (κ2) is 11.2. The van der Waals surface area contributed by atoms with Crippen molar-refractivity contribution in [1.29, 1.82) is 0 Å². The van der Waals surface area contributed by atoms with Crippen LogP contribution in [0.15, 0.2) is 48.7 Å². The quantitative estimate of drug-likeness (QED) is 0.304. The standard InChI is InChI=1S/C21H29N2.HI/c1-4-5-6-8-17-23-18-9-7-10-21(23)16-13-19-11-14-20(15-12-19)22(2)3;/h7,9-16,18H,4-6,8,17H2,1-3H3;1H/q+1;. The number of hydrogen-bond donors (Lipinski definition) is 0. The predicted molar refractivity (Wildman–Crippen MR) is 116 cm³/mol. The molecule has 0 aliphatic carbocycles. The van der Waals surface area contributed by atoms with E-state index >= 15 is 0 Å². The second-order valence-electron chi connectivity index (χ2n) is 6.20. The molecule has 0 N–H and O–H groups in total. The first kappa shape index (κ1) is 20.7. The molecule has 0 bridgehead atoms. The molecule has 0 spiro atoms. The van der Waals surface area contributed by atoms with Crippen LogP contribution in [-0.2, 0) is 6.54 Å². The van der Waals surface area contributed by atoms with Crippen LogP contribution in [0.4, 0.5) is 5.69 Å². The number of halogens is 1. The van der Waals surface area contributed by atoms with Gasteiger partial charge in [0.15, 0.2) is 6.20 Å². The van der Waals surface area contributed by atoms with Crippen LogP contribution in [0.2, 0.25) is 0 Å². The van der Waals surface area contributed by atoms with Gasteiger partial charge >= 0.3 is 0 Å². The molecular formula is C21H30IN2+. The molecule has 130 valence electrons. The Morgan fingerprint density at radius 2 is 1.67 bits per heavy atom. The van der Waals surface area contributed by atoms with Crippen molar-refractivity contribution in [3.63, 3.8) is 0 Å². The molecular weight excluding hydrogens is 407 g/mol. The van der Waals surface area contributed by atoms with Crippen molar-refractivity contribution >= 4 is 41.8 Å². The summed E-state index contributed by atoms with van der Waals surface area (Å²) in [5.41, 5.74) is 3.73. The summed E-state index contributed by atoms with van der Waals surface area (Å²) in [6, 6.07) is 15.1. The van der Waals surface area contributed by atoms with Crippen LogP contribution in [0.3, 0.4) is 0 Å². The van der Waals surface area contributed by atoms with E-state index in [1.807, 2.05) is 0 Å². The van der Waals surface area contributed by atoms with Gasteiger partial charge in [0.05, 0.1) is 0 Å². The van der Waals surface area contributed by atoms with E-state index in [4.69, 9.17) is 0 Å². The molecule has 1 aromatic heterocycles. The molecule has 2 nitrogen and oxygen atoms in total. The number of unbranched alkanes of at least 4 members (excludes halogenated alkanes) is 3. The zero-order valence-electron chi connectivity index (χ0n) is 15.1. The molecule has 2 aromatic rings. The van der Waals surface area contributed by atoms with Crippen molar-refractivity contribution in [2.24, 2.45) is 0 Å². The Balaban J connectivity index is 0.00000288. The average Bonchev–Trinajstić information content (AvgIpc) is 2.58. The Kier molecular flexibility index (Phi) is 9.69. The third-order valence-electron chi connectivity index (χ3n) is 4.08. The summed E-state index contributed by atoms with van der Waals surface area (Å²) in [6.07, 6.45) is 11.8. The molecule has 0 atom stereocenters. The number of hydrogen-bond acceptors (Lipinski definition) is 1. The molecule has 0 saturated heterocycles. The molecule has 1 aromatic carbocycles. The SMILES string of the molecule is CCCCCC[n+]1ccccc1/C=C/c1ccc(N(C)C)cc1.I. The van der Waals surface area contributed by atoms with Crippen molar-refractivity contribution in [2.45, 2.75) is 39.2 Å². The number of nitrogens with zero attached hydrogens (tertiary/aromatic N) is 2.